The smallest absolute Gasteiger partial charge is 0.196 e. The molecule has 0 saturated carbocycles. The fourth-order valence-electron chi connectivity index (χ4n) is 1.95. The molecular weight excluding hydrogens is 238 g/mol. The Labute approximate surface area is 113 Å². The third-order valence-corrected chi connectivity index (χ3v) is 3.09. The second kappa shape index (κ2) is 5.57. The largest absolute Gasteiger partial charge is 0.496 e. The number of carbonyl (C=O) groups excluding carboxylic acids is 1. The topological polar surface area (TPSA) is 52.3 Å². The number of rotatable bonds is 4. The number of nitrogens with two attached hydrogens (primary N) is 1. The Hall–Kier alpha value is -2.29. The first-order valence-electron chi connectivity index (χ1n) is 6.23. The SMILES string of the molecule is CCc1ccc(C(=O)c2cc(N)ccc2OC)cc1. The monoisotopic (exact) mass is 255 g/mol. The molecule has 0 amide bonds. The van der Waals surface area contributed by atoms with Crippen LogP contribution in [0.5, 0.6) is 5.75 Å². The van der Waals surface area contributed by atoms with Crippen molar-refractivity contribution in [2.75, 3.05) is 12.8 Å². The summed E-state index contributed by atoms with van der Waals surface area (Å²) in [6, 6.07) is 12.7. The number of benzene rings is 2. The highest BCUT2D eigenvalue weighted by atomic mass is 16.5. The highest BCUT2D eigenvalue weighted by molar-refractivity contribution is 6.11. The van der Waals surface area contributed by atoms with Crippen molar-refractivity contribution in [3.63, 3.8) is 0 Å². The van der Waals surface area contributed by atoms with Gasteiger partial charge in [-0.05, 0) is 30.2 Å². The molecule has 0 radical (unpaired) electrons. The van der Waals surface area contributed by atoms with E-state index in [0.29, 0.717) is 22.6 Å². The molecule has 0 fully saturated rings. The summed E-state index contributed by atoms with van der Waals surface area (Å²) in [6.07, 6.45) is 0.954. The summed E-state index contributed by atoms with van der Waals surface area (Å²) in [5, 5.41) is 0. The first kappa shape index (κ1) is 13.1. The minimum absolute atomic E-state index is 0.0770. The van der Waals surface area contributed by atoms with Gasteiger partial charge in [0.05, 0.1) is 12.7 Å². The van der Waals surface area contributed by atoms with Gasteiger partial charge in [-0.1, -0.05) is 31.2 Å². The fraction of sp³-hybridized carbons (Fsp3) is 0.188. The Morgan fingerprint density at radius 3 is 2.42 bits per heavy atom. The van der Waals surface area contributed by atoms with Crippen LogP contribution in [0.2, 0.25) is 0 Å². The normalized spacial score (nSPS) is 10.2. The zero-order valence-electron chi connectivity index (χ0n) is 11.1. The summed E-state index contributed by atoms with van der Waals surface area (Å²) in [5.41, 5.74) is 8.62. The van der Waals surface area contributed by atoms with Crippen molar-refractivity contribution in [3.05, 3.63) is 59.2 Å². The first-order chi connectivity index (χ1) is 9.15. The van der Waals surface area contributed by atoms with E-state index in [-0.39, 0.29) is 5.78 Å². The van der Waals surface area contributed by atoms with Crippen LogP contribution in [0.25, 0.3) is 0 Å². The average Bonchev–Trinajstić information content (AvgIpc) is 2.46. The number of ketones is 1. The lowest BCUT2D eigenvalue weighted by Gasteiger charge is -2.09. The first-order valence-corrected chi connectivity index (χ1v) is 6.23. The van der Waals surface area contributed by atoms with Crippen LogP contribution < -0.4 is 10.5 Å². The molecule has 0 saturated heterocycles. The van der Waals surface area contributed by atoms with Crippen LogP contribution in [-0.4, -0.2) is 12.9 Å². The minimum atomic E-state index is -0.0770. The van der Waals surface area contributed by atoms with Gasteiger partial charge < -0.3 is 10.5 Å². The van der Waals surface area contributed by atoms with Crippen molar-refractivity contribution < 1.29 is 9.53 Å². The molecule has 98 valence electrons. The number of ether oxygens (including phenoxy) is 1. The minimum Gasteiger partial charge on any atom is -0.496 e. The molecule has 0 aliphatic heterocycles. The van der Waals surface area contributed by atoms with Crippen molar-refractivity contribution in [3.8, 4) is 5.75 Å². The molecule has 0 heterocycles. The number of carbonyl (C=O) groups is 1. The third kappa shape index (κ3) is 2.76. The molecule has 3 heteroatoms. The lowest BCUT2D eigenvalue weighted by atomic mass is 10.0. The van der Waals surface area contributed by atoms with Gasteiger partial charge in [-0.3, -0.25) is 4.79 Å². The van der Waals surface area contributed by atoms with Crippen LogP contribution >= 0.6 is 0 Å². The Morgan fingerprint density at radius 2 is 1.84 bits per heavy atom. The summed E-state index contributed by atoms with van der Waals surface area (Å²) in [7, 11) is 1.54. The van der Waals surface area contributed by atoms with Gasteiger partial charge in [0.25, 0.3) is 0 Å². The molecule has 0 atom stereocenters. The summed E-state index contributed by atoms with van der Waals surface area (Å²) in [5.74, 6) is 0.463. The van der Waals surface area contributed by atoms with Gasteiger partial charge in [-0.2, -0.15) is 0 Å². The zero-order valence-corrected chi connectivity index (χ0v) is 11.1. The van der Waals surface area contributed by atoms with Crippen LogP contribution in [-0.2, 0) is 6.42 Å². The lowest BCUT2D eigenvalue weighted by molar-refractivity contribution is 0.103. The molecule has 2 N–H and O–H groups in total. The summed E-state index contributed by atoms with van der Waals surface area (Å²) >= 11 is 0. The highest BCUT2D eigenvalue weighted by Crippen LogP contribution is 2.24. The van der Waals surface area contributed by atoms with Crippen molar-refractivity contribution >= 4 is 11.5 Å². The van der Waals surface area contributed by atoms with Crippen LogP contribution in [0.3, 0.4) is 0 Å². The predicted molar refractivity (Wildman–Crippen MR) is 76.7 cm³/mol. The number of hydrogen-bond acceptors (Lipinski definition) is 3. The Balaban J connectivity index is 2.40. The van der Waals surface area contributed by atoms with E-state index in [1.54, 1.807) is 25.3 Å². The molecule has 0 bridgehead atoms. The lowest BCUT2D eigenvalue weighted by Crippen LogP contribution is -2.05. The standard InChI is InChI=1S/C16H17NO2/c1-3-11-4-6-12(7-5-11)16(18)14-10-13(17)8-9-15(14)19-2/h4-10H,3,17H2,1-2H3. The zero-order chi connectivity index (χ0) is 13.8. The van der Waals surface area contributed by atoms with Crippen LogP contribution in [0.15, 0.2) is 42.5 Å². The second-order valence-corrected chi connectivity index (χ2v) is 4.34. The third-order valence-electron chi connectivity index (χ3n) is 3.09. The Morgan fingerprint density at radius 1 is 1.16 bits per heavy atom. The maximum atomic E-state index is 12.4. The molecule has 0 aliphatic carbocycles. The van der Waals surface area contributed by atoms with Gasteiger partial charge in [0.15, 0.2) is 5.78 Å². The number of anilines is 1. The van der Waals surface area contributed by atoms with Gasteiger partial charge in [-0.15, -0.1) is 0 Å². The number of hydrogen-bond donors (Lipinski definition) is 1. The van der Waals surface area contributed by atoms with E-state index < -0.39 is 0 Å². The van der Waals surface area contributed by atoms with Crippen molar-refractivity contribution in [2.45, 2.75) is 13.3 Å². The van der Waals surface area contributed by atoms with Gasteiger partial charge in [0.1, 0.15) is 5.75 Å². The molecular formula is C16H17NO2. The quantitative estimate of drug-likeness (QED) is 0.674. The van der Waals surface area contributed by atoms with Gasteiger partial charge in [-0.25, -0.2) is 0 Å². The van der Waals surface area contributed by atoms with Crippen molar-refractivity contribution in [1.29, 1.82) is 0 Å². The summed E-state index contributed by atoms with van der Waals surface area (Å²) in [4.78, 5) is 12.4. The van der Waals surface area contributed by atoms with E-state index in [4.69, 9.17) is 10.5 Å². The van der Waals surface area contributed by atoms with Gasteiger partial charge >= 0.3 is 0 Å². The van der Waals surface area contributed by atoms with Crippen LogP contribution in [0.4, 0.5) is 5.69 Å². The molecule has 19 heavy (non-hydrogen) atoms. The maximum absolute atomic E-state index is 12.4. The van der Waals surface area contributed by atoms with E-state index >= 15 is 0 Å². The molecule has 2 aromatic carbocycles. The van der Waals surface area contributed by atoms with E-state index in [0.717, 1.165) is 6.42 Å². The fourth-order valence-corrected chi connectivity index (χ4v) is 1.95. The molecule has 3 nitrogen and oxygen atoms in total. The number of aryl methyl sites for hydroxylation is 1. The Kier molecular flexibility index (Phi) is 3.85. The molecule has 0 aromatic heterocycles. The Bertz CT molecular complexity index is 588. The van der Waals surface area contributed by atoms with Gasteiger partial charge in [0, 0.05) is 11.3 Å². The molecule has 0 unspecified atom stereocenters. The molecule has 0 spiro atoms. The van der Waals surface area contributed by atoms with Crippen LogP contribution in [0.1, 0.15) is 28.4 Å². The molecule has 2 aromatic rings. The number of methoxy groups -OCH3 is 1. The predicted octanol–water partition coefficient (Wildman–Crippen LogP) is 3.07. The maximum Gasteiger partial charge on any atom is 0.196 e. The second-order valence-electron chi connectivity index (χ2n) is 4.34. The van der Waals surface area contributed by atoms with Crippen molar-refractivity contribution in [2.24, 2.45) is 0 Å². The molecule has 0 aliphatic rings. The summed E-state index contributed by atoms with van der Waals surface area (Å²) < 4.78 is 5.21. The van der Waals surface area contributed by atoms with Gasteiger partial charge in [0.2, 0.25) is 0 Å². The summed E-state index contributed by atoms with van der Waals surface area (Å²) in [6.45, 7) is 2.08. The van der Waals surface area contributed by atoms with Crippen LogP contribution in [0, 0.1) is 0 Å². The van der Waals surface area contributed by atoms with E-state index in [9.17, 15) is 4.79 Å². The van der Waals surface area contributed by atoms with E-state index in [1.807, 2.05) is 24.3 Å². The number of nitrogen functional groups attached to an aromatic ring is 1. The highest BCUT2D eigenvalue weighted by Gasteiger charge is 2.14. The molecule has 2 rings (SSSR count). The van der Waals surface area contributed by atoms with E-state index in [1.165, 1.54) is 5.56 Å². The average molecular weight is 255 g/mol. The van der Waals surface area contributed by atoms with E-state index in [2.05, 4.69) is 6.92 Å². The van der Waals surface area contributed by atoms with Crippen molar-refractivity contribution in [1.82, 2.24) is 0 Å².